The van der Waals surface area contributed by atoms with Crippen LogP contribution in [-0.2, 0) is 10.0 Å². The van der Waals surface area contributed by atoms with E-state index in [2.05, 4.69) is 17.2 Å². The van der Waals surface area contributed by atoms with Gasteiger partial charge >= 0.3 is 0 Å². The maximum atomic E-state index is 13.6. The van der Waals surface area contributed by atoms with Gasteiger partial charge in [0.2, 0.25) is 10.0 Å². The lowest BCUT2D eigenvalue weighted by Crippen LogP contribution is -2.26. The summed E-state index contributed by atoms with van der Waals surface area (Å²) in [7, 11) is -2.91. The molecule has 0 bridgehead atoms. The van der Waals surface area contributed by atoms with Crippen molar-refractivity contribution in [2.75, 3.05) is 13.6 Å². The summed E-state index contributed by atoms with van der Waals surface area (Å²) in [6.07, 6.45) is 0. The van der Waals surface area contributed by atoms with E-state index in [1.807, 2.05) is 4.72 Å². The van der Waals surface area contributed by atoms with Gasteiger partial charge < -0.3 is 5.32 Å². The van der Waals surface area contributed by atoms with E-state index in [1.54, 1.807) is 24.3 Å². The van der Waals surface area contributed by atoms with E-state index < -0.39 is 26.6 Å². The first kappa shape index (κ1) is 18.6. The number of hydrogen-bond donors (Lipinski definition) is 2. The smallest absolute Gasteiger partial charge is 0.252 e. The maximum Gasteiger partial charge on any atom is 0.252 e. The molecule has 1 amide bonds. The zero-order chi connectivity index (χ0) is 18.4. The van der Waals surface area contributed by atoms with Gasteiger partial charge in [-0.2, -0.15) is 4.72 Å². The van der Waals surface area contributed by atoms with Gasteiger partial charge in [0.1, 0.15) is 11.6 Å². The van der Waals surface area contributed by atoms with Crippen molar-refractivity contribution in [3.05, 3.63) is 65.2 Å². The van der Waals surface area contributed by atoms with E-state index in [-0.39, 0.29) is 12.5 Å². The van der Waals surface area contributed by atoms with Crippen molar-refractivity contribution >= 4 is 15.9 Å². The Morgan fingerprint density at radius 1 is 1.08 bits per heavy atom. The summed E-state index contributed by atoms with van der Waals surface area (Å²) < 4.78 is 53.1. The molecular formula is C17H14F2N2O3S. The van der Waals surface area contributed by atoms with Crippen molar-refractivity contribution in [2.24, 2.45) is 0 Å². The monoisotopic (exact) mass is 364 g/mol. The van der Waals surface area contributed by atoms with Gasteiger partial charge in [0.05, 0.1) is 12.1 Å². The van der Waals surface area contributed by atoms with Gasteiger partial charge in [-0.05, 0) is 24.3 Å². The zero-order valence-corrected chi connectivity index (χ0v) is 14.0. The Morgan fingerprint density at radius 3 is 2.36 bits per heavy atom. The van der Waals surface area contributed by atoms with Crippen molar-refractivity contribution < 1.29 is 22.0 Å². The maximum absolute atomic E-state index is 13.6. The first-order chi connectivity index (χ1) is 11.9. The summed E-state index contributed by atoms with van der Waals surface area (Å²) in [6.45, 7) is -0.377. The summed E-state index contributed by atoms with van der Waals surface area (Å²) in [5.41, 5.74) is 0.735. The Balaban J connectivity index is 2.17. The van der Waals surface area contributed by atoms with E-state index in [9.17, 15) is 22.0 Å². The number of amides is 1. The molecule has 2 N–H and O–H groups in total. The van der Waals surface area contributed by atoms with E-state index in [4.69, 9.17) is 0 Å². The minimum Gasteiger partial charge on any atom is -0.355 e. The fourth-order valence-electron chi connectivity index (χ4n) is 2.01. The number of nitrogens with one attached hydrogen (secondary N) is 2. The topological polar surface area (TPSA) is 75.3 Å². The fourth-order valence-corrected chi connectivity index (χ4v) is 3.06. The summed E-state index contributed by atoms with van der Waals surface area (Å²) >= 11 is 0. The van der Waals surface area contributed by atoms with Crippen LogP contribution in [0.1, 0.15) is 15.9 Å². The number of carbonyl (C=O) groups excluding carboxylic acids is 1. The molecule has 2 rings (SSSR count). The van der Waals surface area contributed by atoms with Gasteiger partial charge in [-0.3, -0.25) is 4.79 Å². The molecule has 0 aliphatic rings. The highest BCUT2D eigenvalue weighted by atomic mass is 32.2. The summed E-state index contributed by atoms with van der Waals surface area (Å²) in [6, 6.07) is 9.28. The van der Waals surface area contributed by atoms with E-state index in [0.717, 1.165) is 18.2 Å². The highest BCUT2D eigenvalue weighted by Crippen LogP contribution is 2.17. The molecule has 2 aromatic rings. The first-order valence-corrected chi connectivity index (χ1v) is 8.59. The van der Waals surface area contributed by atoms with Gasteiger partial charge in [0.25, 0.3) is 5.91 Å². The van der Waals surface area contributed by atoms with Gasteiger partial charge in [-0.25, -0.2) is 17.2 Å². The second-order valence-electron chi connectivity index (χ2n) is 4.80. The molecule has 130 valence electrons. The Morgan fingerprint density at radius 2 is 1.72 bits per heavy atom. The summed E-state index contributed by atoms with van der Waals surface area (Å²) in [5, 5.41) is 2.47. The Kier molecular flexibility index (Phi) is 5.85. The number of sulfonamides is 1. The number of halogens is 2. The molecule has 0 aliphatic carbocycles. The predicted octanol–water partition coefficient (Wildman–Crippen LogP) is 1.65. The van der Waals surface area contributed by atoms with E-state index in [0.29, 0.717) is 11.1 Å². The molecule has 2 aromatic carbocycles. The molecule has 0 radical (unpaired) electrons. The lowest BCUT2D eigenvalue weighted by atomic mass is 10.1. The first-order valence-electron chi connectivity index (χ1n) is 7.10. The molecule has 8 heteroatoms. The standard InChI is InChI=1S/C17H14F2N2O3S/c1-20-17(22)13-8-3-2-6-12(13)7-5-11-21-25(23,24)16-14(18)9-4-10-15(16)19/h2-4,6,8-10,21H,11H2,1H3,(H,20,22). The van der Waals surface area contributed by atoms with Crippen LogP contribution in [0.3, 0.4) is 0 Å². The van der Waals surface area contributed by atoms with Gasteiger partial charge in [0, 0.05) is 12.6 Å². The van der Waals surface area contributed by atoms with Crippen molar-refractivity contribution in [3.8, 4) is 11.8 Å². The number of hydrogen-bond acceptors (Lipinski definition) is 3. The van der Waals surface area contributed by atoms with Crippen LogP contribution in [0, 0.1) is 23.5 Å². The van der Waals surface area contributed by atoms with Crippen LogP contribution in [0.4, 0.5) is 8.78 Å². The van der Waals surface area contributed by atoms with Crippen molar-refractivity contribution in [1.29, 1.82) is 0 Å². The highest BCUT2D eigenvalue weighted by molar-refractivity contribution is 7.89. The van der Waals surface area contributed by atoms with Crippen LogP contribution in [0.25, 0.3) is 0 Å². The second-order valence-corrected chi connectivity index (χ2v) is 6.51. The molecule has 0 aromatic heterocycles. The molecule has 0 atom stereocenters. The summed E-state index contributed by atoms with van der Waals surface area (Å²) in [5.74, 6) is 2.46. The second kappa shape index (κ2) is 7.88. The SMILES string of the molecule is CNC(=O)c1ccccc1C#CCNS(=O)(=O)c1c(F)cccc1F. The molecule has 0 saturated carbocycles. The van der Waals surface area contributed by atoms with Crippen LogP contribution in [0.15, 0.2) is 47.4 Å². The lowest BCUT2D eigenvalue weighted by Gasteiger charge is -2.06. The van der Waals surface area contributed by atoms with Gasteiger partial charge in [0.15, 0.2) is 4.90 Å². The van der Waals surface area contributed by atoms with Crippen molar-refractivity contribution in [1.82, 2.24) is 10.0 Å². The predicted molar refractivity (Wildman–Crippen MR) is 88.3 cm³/mol. The Bertz CT molecular complexity index is 943. The lowest BCUT2D eigenvalue weighted by molar-refractivity contribution is 0.0963. The van der Waals surface area contributed by atoms with Crippen LogP contribution >= 0.6 is 0 Å². The third-order valence-electron chi connectivity index (χ3n) is 3.16. The molecule has 0 unspecified atom stereocenters. The highest BCUT2D eigenvalue weighted by Gasteiger charge is 2.22. The fraction of sp³-hybridized carbons (Fsp3) is 0.118. The van der Waals surface area contributed by atoms with Crippen LogP contribution in [-0.4, -0.2) is 27.9 Å². The number of rotatable bonds is 4. The van der Waals surface area contributed by atoms with Crippen molar-refractivity contribution in [2.45, 2.75) is 4.90 Å². The average molecular weight is 364 g/mol. The molecule has 0 saturated heterocycles. The van der Waals surface area contributed by atoms with Crippen molar-refractivity contribution in [3.63, 3.8) is 0 Å². The van der Waals surface area contributed by atoms with Crippen LogP contribution in [0.2, 0.25) is 0 Å². The van der Waals surface area contributed by atoms with Gasteiger partial charge in [-0.1, -0.05) is 30.0 Å². The van der Waals surface area contributed by atoms with Crippen LogP contribution in [0.5, 0.6) is 0 Å². The van der Waals surface area contributed by atoms with Gasteiger partial charge in [-0.15, -0.1) is 0 Å². The molecule has 0 fully saturated rings. The zero-order valence-electron chi connectivity index (χ0n) is 13.1. The minimum absolute atomic E-state index is 0.334. The number of benzene rings is 2. The molecule has 25 heavy (non-hydrogen) atoms. The number of carbonyl (C=O) groups is 1. The molecule has 0 heterocycles. The third-order valence-corrected chi connectivity index (χ3v) is 4.61. The Labute approximate surface area is 144 Å². The molecule has 5 nitrogen and oxygen atoms in total. The minimum atomic E-state index is -4.39. The largest absolute Gasteiger partial charge is 0.355 e. The Hall–Kier alpha value is -2.76. The van der Waals surface area contributed by atoms with E-state index in [1.165, 1.54) is 7.05 Å². The van der Waals surface area contributed by atoms with E-state index >= 15 is 0 Å². The quantitative estimate of drug-likeness (QED) is 0.810. The normalized spacial score (nSPS) is 10.7. The average Bonchev–Trinajstić information content (AvgIpc) is 2.58. The third kappa shape index (κ3) is 4.41. The van der Waals surface area contributed by atoms with Crippen LogP contribution < -0.4 is 10.0 Å². The summed E-state index contributed by atoms with van der Waals surface area (Å²) in [4.78, 5) is 10.7. The molecule has 0 spiro atoms. The molecule has 0 aliphatic heterocycles. The molecular weight excluding hydrogens is 350 g/mol.